The predicted molar refractivity (Wildman–Crippen MR) is 127 cm³/mol. The molecule has 2 heterocycles. The molecule has 1 aliphatic carbocycles. The number of piperidine rings is 1. The number of ether oxygens (including phenoxy) is 2. The number of nitrogens with zero attached hydrogens (tertiary/aromatic N) is 3. The van der Waals surface area contributed by atoms with Crippen molar-refractivity contribution in [2.75, 3.05) is 43.3 Å². The van der Waals surface area contributed by atoms with Crippen molar-refractivity contribution < 1.29 is 19.1 Å². The first-order valence-corrected chi connectivity index (χ1v) is 12.1. The largest absolute Gasteiger partial charge is 0.497 e. The first-order valence-electron chi connectivity index (χ1n) is 11.1. The van der Waals surface area contributed by atoms with Crippen LogP contribution in [0.3, 0.4) is 0 Å². The second-order valence-corrected chi connectivity index (χ2v) is 9.20. The molecule has 1 aromatic heterocycles. The van der Waals surface area contributed by atoms with Gasteiger partial charge in [-0.2, -0.15) is 0 Å². The lowest BCUT2D eigenvalue weighted by molar-refractivity contribution is -0.125. The maximum atomic E-state index is 12.4. The Morgan fingerprint density at radius 3 is 2.67 bits per heavy atom. The number of methoxy groups -OCH3 is 2. The number of thioether (sulfide) groups is 1. The van der Waals surface area contributed by atoms with Crippen LogP contribution in [0.4, 0.5) is 11.5 Å². The second kappa shape index (κ2) is 10.7. The SMILES string of the molecule is COc1ccc(NC(=O)CSc2ccc(N3CCC[C@H](C(=O)NC4CC4)C3)nn2)c(OC)c1. The van der Waals surface area contributed by atoms with Crippen LogP contribution in [-0.2, 0) is 9.59 Å². The van der Waals surface area contributed by atoms with E-state index in [2.05, 4.69) is 25.7 Å². The molecule has 0 unspecified atom stereocenters. The summed E-state index contributed by atoms with van der Waals surface area (Å²) in [5.74, 6) is 2.11. The molecule has 2 N–H and O–H groups in total. The minimum Gasteiger partial charge on any atom is -0.497 e. The van der Waals surface area contributed by atoms with E-state index in [9.17, 15) is 9.59 Å². The van der Waals surface area contributed by atoms with Crippen LogP contribution in [-0.4, -0.2) is 61.1 Å². The Kier molecular flexibility index (Phi) is 7.54. The number of benzene rings is 1. The topological polar surface area (TPSA) is 106 Å². The number of amides is 2. The van der Waals surface area contributed by atoms with Crippen LogP contribution in [0, 0.1) is 5.92 Å². The highest BCUT2D eigenvalue weighted by molar-refractivity contribution is 7.99. The molecule has 176 valence electrons. The van der Waals surface area contributed by atoms with Crippen LogP contribution in [0.15, 0.2) is 35.4 Å². The zero-order chi connectivity index (χ0) is 23.2. The molecule has 1 saturated carbocycles. The third kappa shape index (κ3) is 6.28. The maximum Gasteiger partial charge on any atom is 0.234 e. The highest BCUT2D eigenvalue weighted by Crippen LogP contribution is 2.29. The molecule has 2 aliphatic rings. The fourth-order valence-corrected chi connectivity index (χ4v) is 4.35. The van der Waals surface area contributed by atoms with Gasteiger partial charge in [-0.05, 0) is 49.9 Å². The van der Waals surface area contributed by atoms with Crippen LogP contribution in [0.5, 0.6) is 11.5 Å². The summed E-state index contributed by atoms with van der Waals surface area (Å²) >= 11 is 1.31. The molecule has 0 radical (unpaired) electrons. The summed E-state index contributed by atoms with van der Waals surface area (Å²) in [7, 11) is 3.12. The maximum absolute atomic E-state index is 12.4. The van der Waals surface area contributed by atoms with E-state index in [0.29, 0.717) is 34.8 Å². The molecule has 2 amide bonds. The average Bonchev–Trinajstić information content (AvgIpc) is 3.67. The second-order valence-electron chi connectivity index (χ2n) is 8.20. The summed E-state index contributed by atoms with van der Waals surface area (Å²) in [6.07, 6.45) is 4.05. The minimum absolute atomic E-state index is 0.00570. The van der Waals surface area contributed by atoms with E-state index < -0.39 is 0 Å². The zero-order valence-corrected chi connectivity index (χ0v) is 19.7. The molecule has 1 atom stereocenters. The van der Waals surface area contributed by atoms with Crippen molar-refractivity contribution in [2.24, 2.45) is 5.92 Å². The number of hydrogen-bond acceptors (Lipinski definition) is 8. The number of carbonyl (C=O) groups excluding carboxylic acids is 2. The molecule has 2 aromatic rings. The van der Waals surface area contributed by atoms with Gasteiger partial charge in [0, 0.05) is 25.2 Å². The number of nitrogens with one attached hydrogen (secondary N) is 2. The van der Waals surface area contributed by atoms with Gasteiger partial charge in [-0.3, -0.25) is 9.59 Å². The molecule has 33 heavy (non-hydrogen) atoms. The van der Waals surface area contributed by atoms with Gasteiger partial charge < -0.3 is 25.0 Å². The average molecular weight is 472 g/mol. The lowest BCUT2D eigenvalue weighted by atomic mass is 9.97. The Hall–Kier alpha value is -3.01. The van der Waals surface area contributed by atoms with E-state index in [4.69, 9.17) is 9.47 Å². The Labute approximate surface area is 197 Å². The van der Waals surface area contributed by atoms with Crippen LogP contribution in [0.1, 0.15) is 25.7 Å². The lowest BCUT2D eigenvalue weighted by Crippen LogP contribution is -2.44. The van der Waals surface area contributed by atoms with E-state index in [1.165, 1.54) is 11.8 Å². The van der Waals surface area contributed by atoms with E-state index in [1.54, 1.807) is 32.4 Å². The predicted octanol–water partition coefficient (Wildman–Crippen LogP) is 2.72. The molecule has 10 heteroatoms. The van der Waals surface area contributed by atoms with Crippen molar-refractivity contribution in [3.8, 4) is 11.5 Å². The number of anilines is 2. The molecule has 0 spiro atoms. The normalized spacial score (nSPS) is 17.9. The van der Waals surface area contributed by atoms with Gasteiger partial charge in [0.25, 0.3) is 0 Å². The summed E-state index contributed by atoms with van der Waals surface area (Å²) in [4.78, 5) is 26.9. The van der Waals surface area contributed by atoms with Crippen LogP contribution < -0.4 is 25.0 Å². The first kappa shape index (κ1) is 23.2. The monoisotopic (exact) mass is 471 g/mol. The van der Waals surface area contributed by atoms with Gasteiger partial charge in [0.2, 0.25) is 11.8 Å². The van der Waals surface area contributed by atoms with Gasteiger partial charge in [0.1, 0.15) is 16.5 Å². The molecule has 4 rings (SSSR count). The number of rotatable bonds is 9. The van der Waals surface area contributed by atoms with Crippen LogP contribution >= 0.6 is 11.8 Å². The molecule has 2 fully saturated rings. The molecule has 0 bridgehead atoms. The van der Waals surface area contributed by atoms with Crippen molar-refractivity contribution in [3.63, 3.8) is 0 Å². The van der Waals surface area contributed by atoms with Gasteiger partial charge >= 0.3 is 0 Å². The summed E-state index contributed by atoms with van der Waals surface area (Å²) in [5, 5.41) is 15.2. The van der Waals surface area contributed by atoms with Crippen LogP contribution in [0.2, 0.25) is 0 Å². The Morgan fingerprint density at radius 1 is 1.12 bits per heavy atom. The van der Waals surface area contributed by atoms with E-state index in [-0.39, 0.29) is 23.5 Å². The van der Waals surface area contributed by atoms with Gasteiger partial charge in [-0.1, -0.05) is 11.8 Å². The number of carbonyl (C=O) groups is 2. The van der Waals surface area contributed by atoms with Gasteiger partial charge in [0.05, 0.1) is 31.6 Å². The van der Waals surface area contributed by atoms with E-state index in [1.807, 2.05) is 12.1 Å². The summed E-state index contributed by atoms with van der Waals surface area (Å²) < 4.78 is 10.5. The molecular weight excluding hydrogens is 442 g/mol. The molecule has 1 saturated heterocycles. The highest BCUT2D eigenvalue weighted by atomic mass is 32.2. The molecule has 1 aromatic carbocycles. The molecular formula is C23H29N5O4S. The van der Waals surface area contributed by atoms with E-state index in [0.717, 1.165) is 38.0 Å². The van der Waals surface area contributed by atoms with E-state index >= 15 is 0 Å². The smallest absolute Gasteiger partial charge is 0.234 e. The summed E-state index contributed by atoms with van der Waals surface area (Å²) in [6, 6.07) is 9.37. The van der Waals surface area contributed by atoms with Gasteiger partial charge in [-0.25, -0.2) is 0 Å². The summed E-state index contributed by atoms with van der Waals surface area (Å²) in [6.45, 7) is 1.52. The van der Waals surface area contributed by atoms with Crippen molar-refractivity contribution in [1.82, 2.24) is 15.5 Å². The first-order chi connectivity index (χ1) is 16.1. The van der Waals surface area contributed by atoms with Gasteiger partial charge in [-0.15, -0.1) is 10.2 Å². The lowest BCUT2D eigenvalue weighted by Gasteiger charge is -2.32. The minimum atomic E-state index is -0.171. The molecule has 1 aliphatic heterocycles. The fraction of sp³-hybridized carbons (Fsp3) is 0.478. The quantitative estimate of drug-likeness (QED) is 0.538. The third-order valence-electron chi connectivity index (χ3n) is 5.70. The fourth-order valence-electron chi connectivity index (χ4n) is 3.73. The molecule has 9 nitrogen and oxygen atoms in total. The van der Waals surface area contributed by atoms with Crippen molar-refractivity contribution in [1.29, 1.82) is 0 Å². The van der Waals surface area contributed by atoms with Gasteiger partial charge in [0.15, 0.2) is 5.82 Å². The van der Waals surface area contributed by atoms with Crippen molar-refractivity contribution >= 4 is 35.1 Å². The Bertz CT molecular complexity index is 983. The third-order valence-corrected chi connectivity index (χ3v) is 6.62. The van der Waals surface area contributed by atoms with Crippen molar-refractivity contribution in [3.05, 3.63) is 30.3 Å². The van der Waals surface area contributed by atoms with Crippen molar-refractivity contribution in [2.45, 2.75) is 36.8 Å². The van der Waals surface area contributed by atoms with Crippen LogP contribution in [0.25, 0.3) is 0 Å². The Balaban J connectivity index is 1.28. The highest BCUT2D eigenvalue weighted by Gasteiger charge is 2.31. The zero-order valence-electron chi connectivity index (χ0n) is 18.9. The standard InChI is InChI=1S/C23H29N5O4S/c1-31-17-7-8-18(19(12-17)32-2)25-21(29)14-33-22-10-9-20(26-27-22)28-11-3-4-15(13-28)23(30)24-16-5-6-16/h7-10,12,15-16H,3-6,11,13-14H2,1-2H3,(H,24,30)(H,25,29)/t15-/m0/s1. The summed E-state index contributed by atoms with van der Waals surface area (Å²) in [5.41, 5.74) is 0.579. The number of hydrogen-bond donors (Lipinski definition) is 2. The Morgan fingerprint density at radius 2 is 1.97 bits per heavy atom. The number of aromatic nitrogens is 2.